The van der Waals surface area contributed by atoms with Gasteiger partial charge in [-0.05, 0) is 56.1 Å². The minimum absolute atomic E-state index is 0.00251. The molecule has 0 spiro atoms. The van der Waals surface area contributed by atoms with Gasteiger partial charge in [-0.15, -0.1) is 11.3 Å². The number of rotatable bonds is 12. The van der Waals surface area contributed by atoms with E-state index in [1.165, 1.54) is 18.3 Å². The summed E-state index contributed by atoms with van der Waals surface area (Å²) < 4.78 is 0. The maximum absolute atomic E-state index is 14.1. The third kappa shape index (κ3) is 13.5. The van der Waals surface area contributed by atoms with Gasteiger partial charge in [0.15, 0.2) is 0 Å². The Morgan fingerprint density at radius 3 is 2.36 bits per heavy atom. The first-order valence-electron chi connectivity index (χ1n) is 19.1. The van der Waals surface area contributed by atoms with E-state index in [0.29, 0.717) is 36.7 Å². The fraction of sp³-hybridized carbons (Fsp3) is 0.564. The van der Waals surface area contributed by atoms with E-state index in [1.54, 1.807) is 30.3 Å². The number of aryl methyl sites for hydroxylation is 1. The van der Waals surface area contributed by atoms with Crippen LogP contribution in [0.3, 0.4) is 0 Å². The summed E-state index contributed by atoms with van der Waals surface area (Å²) in [5.41, 5.74) is 1.97. The molecule has 14 nitrogen and oxygen atoms in total. The van der Waals surface area contributed by atoms with Crippen molar-refractivity contribution in [2.45, 2.75) is 110 Å². The molecule has 1 aliphatic rings. The molecule has 0 saturated heterocycles. The van der Waals surface area contributed by atoms with Gasteiger partial charge in [-0.2, -0.15) is 11.8 Å². The molecule has 5 atom stereocenters. The van der Waals surface area contributed by atoms with Crippen LogP contribution >= 0.6 is 23.1 Å². The number of carbonyl (C=O) groups is 5. The first-order valence-corrected chi connectivity index (χ1v) is 21.4. The van der Waals surface area contributed by atoms with Crippen molar-refractivity contribution in [3.05, 3.63) is 69.7 Å². The van der Waals surface area contributed by atoms with E-state index in [9.17, 15) is 24.0 Å². The summed E-state index contributed by atoms with van der Waals surface area (Å²) in [7, 11) is 0. The van der Waals surface area contributed by atoms with Gasteiger partial charge >= 0.3 is 0 Å². The Bertz CT molecular complexity index is 1720. The lowest BCUT2D eigenvalue weighted by Gasteiger charge is -2.30. The molecule has 0 unspecified atom stereocenters. The fourth-order valence-electron chi connectivity index (χ4n) is 6.29. The SMILES string of the molecule is CCCCc1ncc(CN2CC(=O)N[C@@H](C(C)C)c3nc(cs3)C(=O)N[C@H](C)C(=O)N[C@@H](CC)C(=O)N[C@@H](CCSC)C(=O)N[C@@H](Cc3ccccc3)C2)[nH]1. The van der Waals surface area contributed by atoms with E-state index >= 15 is 0 Å². The maximum Gasteiger partial charge on any atom is 0.271 e. The van der Waals surface area contributed by atoms with Gasteiger partial charge < -0.3 is 31.6 Å². The molecule has 2 bridgehead atoms. The molecule has 3 aromatic rings. The monoisotopic (exact) mass is 795 g/mol. The summed E-state index contributed by atoms with van der Waals surface area (Å²) in [5, 5.41) is 16.8. The fourth-order valence-corrected chi connectivity index (χ4v) is 7.78. The van der Waals surface area contributed by atoms with Crippen LogP contribution in [0.15, 0.2) is 41.9 Å². The number of thioether (sulfide) groups is 1. The smallest absolute Gasteiger partial charge is 0.271 e. The highest BCUT2D eigenvalue weighted by Gasteiger charge is 2.31. The second kappa shape index (κ2) is 21.7. The lowest BCUT2D eigenvalue weighted by molar-refractivity contribution is -0.132. The number of aromatic amines is 1. The Labute approximate surface area is 332 Å². The van der Waals surface area contributed by atoms with Crippen LogP contribution in [-0.2, 0) is 38.6 Å². The highest BCUT2D eigenvalue weighted by molar-refractivity contribution is 7.98. The van der Waals surface area contributed by atoms with E-state index in [1.807, 2.05) is 55.3 Å². The lowest BCUT2D eigenvalue weighted by atomic mass is 10.0. The molecule has 0 fully saturated rings. The number of imidazole rings is 1. The minimum Gasteiger partial charge on any atom is -0.350 e. The average Bonchev–Trinajstić information content (AvgIpc) is 3.83. The van der Waals surface area contributed by atoms with Gasteiger partial charge in [-0.3, -0.25) is 28.9 Å². The number of benzene rings is 1. The third-order valence-electron chi connectivity index (χ3n) is 9.39. The normalized spacial score (nSPS) is 22.6. The first-order chi connectivity index (χ1) is 26.4. The van der Waals surface area contributed by atoms with E-state index in [-0.39, 0.29) is 36.4 Å². The van der Waals surface area contributed by atoms with Crippen LogP contribution in [0.25, 0.3) is 0 Å². The molecule has 55 heavy (non-hydrogen) atoms. The molecule has 2 aromatic heterocycles. The highest BCUT2D eigenvalue weighted by atomic mass is 32.2. The summed E-state index contributed by atoms with van der Waals surface area (Å²) in [6.07, 6.45) is 7.68. The van der Waals surface area contributed by atoms with Crippen LogP contribution in [0.5, 0.6) is 0 Å². The summed E-state index contributed by atoms with van der Waals surface area (Å²) in [5.74, 6) is -0.774. The molecule has 5 amide bonds. The second-order valence-electron chi connectivity index (χ2n) is 14.4. The van der Waals surface area contributed by atoms with Gasteiger partial charge in [0.05, 0.1) is 12.6 Å². The van der Waals surface area contributed by atoms with Crippen LogP contribution in [-0.4, -0.2) is 98.7 Å². The standard InChI is InChI=1S/C39H57N9O5S2/c1-7-9-15-32-40-19-28(42-32)21-48-20-27(18-26-13-11-10-12-14-26)43-37(52)30(16-17-54-6)45-36(51)29(8-2)44-35(50)25(5)41-38(53)31-23-55-39(46-31)34(24(3)4)47-33(49)22-48/h10-14,19,23-25,27,29-30,34H,7-9,15-18,20-22H2,1-6H3,(H,40,42)(H,41,53)(H,43,52)(H,44,50)(H,45,51)(H,47,49)/t25-,27+,29+,30+,34+/m1/s1. The summed E-state index contributed by atoms with van der Waals surface area (Å²) in [6, 6.07) is 6.08. The van der Waals surface area contributed by atoms with E-state index in [2.05, 4.69) is 48.5 Å². The van der Waals surface area contributed by atoms with E-state index in [0.717, 1.165) is 36.3 Å². The number of unbranched alkanes of at least 4 members (excludes halogenated alkanes) is 1. The zero-order valence-electron chi connectivity index (χ0n) is 32.8. The van der Waals surface area contributed by atoms with Gasteiger partial charge in [0, 0.05) is 42.8 Å². The Balaban J connectivity index is 1.73. The molecule has 0 saturated carbocycles. The molecule has 16 heteroatoms. The molecule has 6 N–H and O–H groups in total. The number of amides is 5. The van der Waals surface area contributed by atoms with Gasteiger partial charge in [0.25, 0.3) is 5.91 Å². The van der Waals surface area contributed by atoms with Gasteiger partial charge in [0.1, 0.15) is 34.7 Å². The highest BCUT2D eigenvalue weighted by Crippen LogP contribution is 2.25. The summed E-state index contributed by atoms with van der Waals surface area (Å²) >= 11 is 2.81. The van der Waals surface area contributed by atoms with Crippen LogP contribution < -0.4 is 26.6 Å². The minimum atomic E-state index is -0.980. The van der Waals surface area contributed by atoms with Crippen molar-refractivity contribution in [1.82, 2.24) is 46.4 Å². The lowest BCUT2D eigenvalue weighted by Crippen LogP contribution is -2.57. The van der Waals surface area contributed by atoms with Crippen molar-refractivity contribution in [2.75, 3.05) is 25.1 Å². The topological polar surface area (TPSA) is 190 Å². The second-order valence-corrected chi connectivity index (χ2v) is 16.3. The maximum atomic E-state index is 14.1. The van der Waals surface area contributed by atoms with Gasteiger partial charge in [-0.1, -0.05) is 64.4 Å². The van der Waals surface area contributed by atoms with Crippen molar-refractivity contribution < 1.29 is 24.0 Å². The molecule has 300 valence electrons. The van der Waals surface area contributed by atoms with Crippen molar-refractivity contribution in [3.8, 4) is 0 Å². The van der Waals surface area contributed by atoms with Crippen molar-refractivity contribution in [2.24, 2.45) is 5.92 Å². The van der Waals surface area contributed by atoms with Crippen molar-refractivity contribution in [3.63, 3.8) is 0 Å². The third-order valence-corrected chi connectivity index (χ3v) is 11.0. The zero-order chi connectivity index (χ0) is 39.9. The predicted molar refractivity (Wildman–Crippen MR) is 216 cm³/mol. The van der Waals surface area contributed by atoms with Crippen LogP contribution in [0.1, 0.15) is 98.9 Å². The molecule has 3 heterocycles. The average molecular weight is 796 g/mol. The number of hydrogen-bond acceptors (Lipinski definition) is 10. The number of aromatic nitrogens is 3. The Morgan fingerprint density at radius 1 is 0.945 bits per heavy atom. The number of carbonyl (C=O) groups excluding carboxylic acids is 5. The van der Waals surface area contributed by atoms with Crippen molar-refractivity contribution in [1.29, 1.82) is 0 Å². The van der Waals surface area contributed by atoms with Crippen LogP contribution in [0.4, 0.5) is 0 Å². The van der Waals surface area contributed by atoms with Crippen molar-refractivity contribution >= 4 is 52.6 Å². The van der Waals surface area contributed by atoms with E-state index < -0.39 is 47.9 Å². The largest absolute Gasteiger partial charge is 0.350 e. The van der Waals surface area contributed by atoms with Crippen LogP contribution in [0, 0.1) is 5.92 Å². The van der Waals surface area contributed by atoms with Gasteiger partial charge in [0.2, 0.25) is 23.6 Å². The van der Waals surface area contributed by atoms with Crippen LogP contribution in [0.2, 0.25) is 0 Å². The number of nitrogens with one attached hydrogen (secondary N) is 6. The molecule has 1 aromatic carbocycles. The molecule has 0 radical (unpaired) electrons. The molecule has 4 rings (SSSR count). The quantitative estimate of drug-likeness (QED) is 0.159. The molecule has 1 aliphatic heterocycles. The number of fused-ring (bicyclic) bond motifs is 2. The first kappa shape index (κ1) is 43.4. The Morgan fingerprint density at radius 2 is 1.67 bits per heavy atom. The number of nitrogens with zero attached hydrogens (tertiary/aromatic N) is 3. The van der Waals surface area contributed by atoms with E-state index in [4.69, 9.17) is 0 Å². The Kier molecular flexibility index (Phi) is 17.2. The zero-order valence-corrected chi connectivity index (χ0v) is 34.4. The van der Waals surface area contributed by atoms with Gasteiger partial charge in [-0.25, -0.2) is 9.97 Å². The number of hydrogen-bond donors (Lipinski definition) is 6. The number of thiazole rings is 1. The number of H-pyrrole nitrogens is 1. The molecule has 0 aliphatic carbocycles. The molecular formula is C39H57N9O5S2. The Hall–Kier alpha value is -4.28. The molecular weight excluding hydrogens is 739 g/mol. The summed E-state index contributed by atoms with van der Waals surface area (Å²) in [4.78, 5) is 82.7. The summed E-state index contributed by atoms with van der Waals surface area (Å²) in [6.45, 7) is 10.0. The predicted octanol–water partition coefficient (Wildman–Crippen LogP) is 3.52.